The molecule has 23 heavy (non-hydrogen) atoms. The van der Waals surface area contributed by atoms with Crippen molar-refractivity contribution in [2.24, 2.45) is 0 Å². The Morgan fingerprint density at radius 2 is 2.04 bits per heavy atom. The van der Waals surface area contributed by atoms with Crippen LogP contribution in [0.15, 0.2) is 41.0 Å². The summed E-state index contributed by atoms with van der Waals surface area (Å²) < 4.78 is 41.9. The summed E-state index contributed by atoms with van der Waals surface area (Å²) >= 11 is 9.04. The van der Waals surface area contributed by atoms with E-state index in [0.29, 0.717) is 4.47 Å². The maximum Gasteiger partial charge on any atom is 0.422 e. The van der Waals surface area contributed by atoms with Gasteiger partial charge in [0.05, 0.1) is 10.6 Å². The molecule has 0 aliphatic rings. The molecule has 9 heteroatoms. The van der Waals surface area contributed by atoms with Crippen LogP contribution in [0.1, 0.15) is 10.4 Å². The van der Waals surface area contributed by atoms with E-state index in [2.05, 4.69) is 31.0 Å². The van der Waals surface area contributed by atoms with Gasteiger partial charge in [0.25, 0.3) is 5.91 Å². The van der Waals surface area contributed by atoms with E-state index in [-0.39, 0.29) is 22.2 Å². The first-order valence-electron chi connectivity index (χ1n) is 6.17. The average molecular weight is 410 g/mol. The Kier molecular flexibility index (Phi) is 5.48. The molecule has 122 valence electrons. The van der Waals surface area contributed by atoms with Crippen LogP contribution >= 0.6 is 27.5 Å². The predicted octanol–water partition coefficient (Wildman–Crippen LogP) is 4.69. The number of benzene rings is 1. The lowest BCUT2D eigenvalue weighted by Gasteiger charge is -2.13. The molecule has 4 nitrogen and oxygen atoms in total. The number of hydrogen-bond donors (Lipinski definition) is 1. The highest BCUT2D eigenvalue weighted by molar-refractivity contribution is 9.10. The number of carbonyl (C=O) groups excluding carboxylic acids is 1. The second kappa shape index (κ2) is 7.18. The molecule has 2 rings (SSSR count). The monoisotopic (exact) mass is 408 g/mol. The molecule has 1 aromatic heterocycles. The van der Waals surface area contributed by atoms with E-state index in [9.17, 15) is 18.0 Å². The SMILES string of the molecule is O=C(Nc1cc(Br)cnc1OCC(F)(F)F)c1ccccc1Cl. The number of nitrogens with zero attached hydrogens (tertiary/aromatic N) is 1. The van der Waals surface area contributed by atoms with Crippen molar-refractivity contribution in [2.45, 2.75) is 6.18 Å². The molecular weight excluding hydrogens is 401 g/mol. The van der Waals surface area contributed by atoms with Gasteiger partial charge in [0.2, 0.25) is 5.88 Å². The van der Waals surface area contributed by atoms with Crippen LogP contribution in [-0.4, -0.2) is 23.7 Å². The number of ether oxygens (including phenoxy) is 1. The number of nitrogens with one attached hydrogen (secondary N) is 1. The van der Waals surface area contributed by atoms with Crippen molar-refractivity contribution in [3.8, 4) is 5.88 Å². The van der Waals surface area contributed by atoms with Gasteiger partial charge >= 0.3 is 6.18 Å². The molecule has 1 N–H and O–H groups in total. The van der Waals surface area contributed by atoms with Gasteiger partial charge in [-0.15, -0.1) is 0 Å². The summed E-state index contributed by atoms with van der Waals surface area (Å²) in [6.45, 7) is -1.52. The van der Waals surface area contributed by atoms with Crippen molar-refractivity contribution in [1.82, 2.24) is 4.98 Å². The normalized spacial score (nSPS) is 11.2. The molecule has 0 fully saturated rings. The van der Waals surface area contributed by atoms with Crippen LogP contribution in [0.4, 0.5) is 18.9 Å². The third kappa shape index (κ3) is 5.11. The number of amides is 1. The van der Waals surface area contributed by atoms with Crippen LogP contribution in [0.5, 0.6) is 5.88 Å². The lowest BCUT2D eigenvalue weighted by molar-refractivity contribution is -0.153. The van der Waals surface area contributed by atoms with Gasteiger partial charge in [-0.3, -0.25) is 4.79 Å². The molecule has 1 heterocycles. The first-order chi connectivity index (χ1) is 10.8. The molecule has 0 atom stereocenters. The summed E-state index contributed by atoms with van der Waals surface area (Å²) in [5.41, 5.74) is 0.171. The van der Waals surface area contributed by atoms with E-state index < -0.39 is 18.7 Å². The first-order valence-corrected chi connectivity index (χ1v) is 7.34. The third-order valence-electron chi connectivity index (χ3n) is 2.56. The Morgan fingerprint density at radius 3 is 2.70 bits per heavy atom. The Labute approximate surface area is 142 Å². The zero-order valence-electron chi connectivity index (χ0n) is 11.3. The van der Waals surface area contributed by atoms with Gasteiger partial charge < -0.3 is 10.1 Å². The summed E-state index contributed by atoms with van der Waals surface area (Å²) in [7, 11) is 0. The first kappa shape index (κ1) is 17.6. The minimum atomic E-state index is -4.52. The van der Waals surface area contributed by atoms with Crippen molar-refractivity contribution in [3.05, 3.63) is 51.6 Å². The van der Waals surface area contributed by atoms with Gasteiger partial charge in [-0.25, -0.2) is 4.98 Å². The smallest absolute Gasteiger partial charge is 0.422 e. The molecular formula is C14H9BrClF3N2O2. The minimum Gasteiger partial charge on any atom is -0.467 e. The fourth-order valence-electron chi connectivity index (χ4n) is 1.62. The number of halogens is 5. The fourth-order valence-corrected chi connectivity index (χ4v) is 2.17. The van der Waals surface area contributed by atoms with Crippen molar-refractivity contribution in [2.75, 3.05) is 11.9 Å². The summed E-state index contributed by atoms with van der Waals surface area (Å²) in [6.07, 6.45) is -3.25. The molecule has 0 aliphatic heterocycles. The van der Waals surface area contributed by atoms with E-state index in [4.69, 9.17) is 11.6 Å². The summed E-state index contributed by atoms with van der Waals surface area (Å²) in [5, 5.41) is 2.65. The summed E-state index contributed by atoms with van der Waals surface area (Å²) in [6, 6.07) is 7.65. The van der Waals surface area contributed by atoms with Crippen molar-refractivity contribution in [3.63, 3.8) is 0 Å². The van der Waals surface area contributed by atoms with Gasteiger partial charge in [-0.1, -0.05) is 23.7 Å². The topological polar surface area (TPSA) is 51.2 Å². The van der Waals surface area contributed by atoms with Crippen molar-refractivity contribution >= 4 is 39.1 Å². The number of hydrogen-bond acceptors (Lipinski definition) is 3. The number of anilines is 1. The van der Waals surface area contributed by atoms with E-state index >= 15 is 0 Å². The largest absolute Gasteiger partial charge is 0.467 e. The van der Waals surface area contributed by atoms with Crippen LogP contribution < -0.4 is 10.1 Å². The molecule has 0 unspecified atom stereocenters. The highest BCUT2D eigenvalue weighted by atomic mass is 79.9. The molecule has 1 aromatic carbocycles. The molecule has 0 aliphatic carbocycles. The Balaban J connectivity index is 2.23. The molecule has 2 aromatic rings. The molecule has 1 amide bonds. The number of rotatable bonds is 4. The highest BCUT2D eigenvalue weighted by Crippen LogP contribution is 2.28. The lowest BCUT2D eigenvalue weighted by atomic mass is 10.2. The molecule has 0 saturated carbocycles. The van der Waals surface area contributed by atoms with Crippen LogP contribution in [-0.2, 0) is 0 Å². The van der Waals surface area contributed by atoms with Crippen LogP contribution in [0.25, 0.3) is 0 Å². The van der Waals surface area contributed by atoms with Crippen LogP contribution in [0.2, 0.25) is 5.02 Å². The molecule has 0 bridgehead atoms. The zero-order valence-corrected chi connectivity index (χ0v) is 13.7. The molecule has 0 spiro atoms. The standard InChI is InChI=1S/C14H9BrClF3N2O2/c15-8-5-11(13(20-6-8)23-7-14(17,18)19)21-12(22)9-3-1-2-4-10(9)16/h1-6H,7H2,(H,21,22). The van der Waals surface area contributed by atoms with Gasteiger partial charge in [-0.2, -0.15) is 13.2 Å². The third-order valence-corrected chi connectivity index (χ3v) is 3.32. The van der Waals surface area contributed by atoms with Crippen LogP contribution in [0.3, 0.4) is 0 Å². The van der Waals surface area contributed by atoms with E-state index in [1.54, 1.807) is 12.1 Å². The van der Waals surface area contributed by atoms with E-state index in [0.717, 1.165) is 0 Å². The second-order valence-corrected chi connectivity index (χ2v) is 5.67. The van der Waals surface area contributed by atoms with Gasteiger partial charge in [-0.05, 0) is 34.1 Å². The van der Waals surface area contributed by atoms with E-state index in [1.165, 1.54) is 24.4 Å². The van der Waals surface area contributed by atoms with Crippen molar-refractivity contribution in [1.29, 1.82) is 0 Å². The Hall–Kier alpha value is -1.80. The van der Waals surface area contributed by atoms with Gasteiger partial charge in [0.15, 0.2) is 6.61 Å². The maximum absolute atomic E-state index is 12.3. The Morgan fingerprint density at radius 1 is 1.35 bits per heavy atom. The quantitative estimate of drug-likeness (QED) is 0.797. The zero-order chi connectivity index (χ0) is 17.0. The highest BCUT2D eigenvalue weighted by Gasteiger charge is 2.29. The van der Waals surface area contributed by atoms with Crippen molar-refractivity contribution < 1.29 is 22.7 Å². The van der Waals surface area contributed by atoms with Gasteiger partial charge in [0, 0.05) is 10.7 Å². The fraction of sp³-hybridized carbons (Fsp3) is 0.143. The molecule has 0 radical (unpaired) electrons. The van der Waals surface area contributed by atoms with Gasteiger partial charge in [0.1, 0.15) is 5.69 Å². The average Bonchev–Trinajstić information content (AvgIpc) is 2.45. The lowest BCUT2D eigenvalue weighted by Crippen LogP contribution is -2.21. The number of aromatic nitrogens is 1. The molecule has 0 saturated heterocycles. The van der Waals surface area contributed by atoms with Crippen LogP contribution in [0, 0.1) is 0 Å². The number of pyridine rings is 1. The number of alkyl halides is 3. The minimum absolute atomic E-state index is 0.00598. The summed E-state index contributed by atoms with van der Waals surface area (Å²) in [4.78, 5) is 15.9. The summed E-state index contributed by atoms with van der Waals surface area (Å²) in [5.74, 6) is -0.932. The predicted molar refractivity (Wildman–Crippen MR) is 82.9 cm³/mol. The second-order valence-electron chi connectivity index (χ2n) is 4.34. The Bertz CT molecular complexity index is 725. The number of carbonyl (C=O) groups is 1. The maximum atomic E-state index is 12.3. The van der Waals surface area contributed by atoms with E-state index in [1.807, 2.05) is 0 Å².